The minimum atomic E-state index is -0.778. The van der Waals surface area contributed by atoms with Crippen LogP contribution in [0.4, 0.5) is 10.3 Å². The third-order valence-electron chi connectivity index (χ3n) is 9.23. The van der Waals surface area contributed by atoms with Gasteiger partial charge in [0.15, 0.2) is 0 Å². The van der Waals surface area contributed by atoms with Gasteiger partial charge in [-0.25, -0.2) is 14.4 Å². The molecular weight excluding hydrogens is 575 g/mol. The first kappa shape index (κ1) is 28.8. The van der Waals surface area contributed by atoms with Gasteiger partial charge in [-0.15, -0.1) is 0 Å². The van der Waals surface area contributed by atoms with Crippen LogP contribution in [0, 0.1) is 6.92 Å². The number of aryl methyl sites for hydroxylation is 2. The summed E-state index contributed by atoms with van der Waals surface area (Å²) in [4.78, 5) is 14.5. The highest BCUT2D eigenvalue weighted by atomic mass is 35.5. The predicted octanol–water partition coefficient (Wildman–Crippen LogP) is 7.28. The van der Waals surface area contributed by atoms with E-state index in [1.165, 1.54) is 11.3 Å². The monoisotopic (exact) mass is 612 g/mol. The number of likely N-dealkylation sites (tertiary alicyclic amines) is 1. The Morgan fingerprint density at radius 3 is 2.70 bits per heavy atom. The van der Waals surface area contributed by atoms with Gasteiger partial charge in [0.25, 0.3) is 0 Å². The number of aromatic amines is 1. The molecule has 0 bridgehead atoms. The van der Waals surface area contributed by atoms with Crippen molar-refractivity contribution < 1.29 is 4.39 Å². The number of rotatable bonds is 9. The van der Waals surface area contributed by atoms with E-state index in [0.29, 0.717) is 23.4 Å². The highest BCUT2D eigenvalue weighted by Gasteiger charge is 2.29. The van der Waals surface area contributed by atoms with Gasteiger partial charge >= 0.3 is 0 Å². The number of allylic oxidation sites excluding steroid dienone is 1. The lowest BCUT2D eigenvalue weighted by Gasteiger charge is -2.32. The molecule has 44 heavy (non-hydrogen) atoms. The largest absolute Gasteiger partial charge is 0.334 e. The number of piperidine rings is 1. The van der Waals surface area contributed by atoms with E-state index in [2.05, 4.69) is 68.6 Å². The van der Waals surface area contributed by atoms with E-state index in [-0.39, 0.29) is 6.04 Å². The first-order valence-corrected chi connectivity index (χ1v) is 15.9. The number of nitrogens with one attached hydrogen (secondary N) is 2. The summed E-state index contributed by atoms with van der Waals surface area (Å²) in [6.45, 7) is 11.5. The zero-order chi connectivity index (χ0) is 30.4. The minimum absolute atomic E-state index is 0.348. The van der Waals surface area contributed by atoms with Gasteiger partial charge in [0.05, 0.1) is 22.6 Å². The molecule has 2 aromatic carbocycles. The molecule has 10 heteroatoms. The lowest BCUT2D eigenvalue weighted by atomic mass is 9.88. The smallest absolute Gasteiger partial charge is 0.204 e. The van der Waals surface area contributed by atoms with Crippen molar-refractivity contribution in [2.75, 3.05) is 25.0 Å². The van der Waals surface area contributed by atoms with E-state index in [9.17, 15) is 4.39 Å². The number of imidazole rings is 2. The van der Waals surface area contributed by atoms with Crippen LogP contribution >= 0.6 is 11.6 Å². The van der Waals surface area contributed by atoms with E-state index < -0.39 is 6.17 Å². The molecule has 0 spiro atoms. The Morgan fingerprint density at radius 2 is 1.98 bits per heavy atom. The number of anilines is 1. The fourth-order valence-corrected chi connectivity index (χ4v) is 7.24. The van der Waals surface area contributed by atoms with Crippen molar-refractivity contribution in [1.82, 2.24) is 34.2 Å². The van der Waals surface area contributed by atoms with Crippen molar-refractivity contribution in [1.29, 1.82) is 0 Å². The van der Waals surface area contributed by atoms with Crippen LogP contribution < -0.4 is 5.32 Å². The molecule has 2 atom stereocenters. The van der Waals surface area contributed by atoms with Crippen molar-refractivity contribution in [3.63, 3.8) is 0 Å². The third kappa shape index (κ3) is 5.43. The second-order valence-corrected chi connectivity index (χ2v) is 12.7. The summed E-state index contributed by atoms with van der Waals surface area (Å²) in [5.74, 6) is 1.12. The van der Waals surface area contributed by atoms with Crippen molar-refractivity contribution in [2.24, 2.45) is 0 Å². The average Bonchev–Trinajstić information content (AvgIpc) is 3.82. The summed E-state index contributed by atoms with van der Waals surface area (Å²) >= 11 is 6.96. The number of hydrogen-bond acceptors (Lipinski definition) is 5. The van der Waals surface area contributed by atoms with Crippen LogP contribution in [0.2, 0.25) is 5.02 Å². The molecule has 8 nitrogen and oxygen atoms in total. The molecule has 2 aliphatic rings. The number of hydrogen-bond donors (Lipinski definition) is 2. The molecule has 7 rings (SSSR count). The molecule has 1 saturated heterocycles. The van der Waals surface area contributed by atoms with E-state index >= 15 is 0 Å². The van der Waals surface area contributed by atoms with Gasteiger partial charge in [-0.1, -0.05) is 42.4 Å². The Labute approximate surface area is 262 Å². The molecule has 5 aromatic rings. The second kappa shape index (κ2) is 11.9. The average molecular weight is 613 g/mol. The van der Waals surface area contributed by atoms with Gasteiger partial charge in [0.2, 0.25) is 5.95 Å². The first-order valence-electron chi connectivity index (χ1n) is 15.5. The number of halogens is 2. The van der Waals surface area contributed by atoms with E-state index in [0.717, 1.165) is 84.3 Å². The number of aromatic nitrogens is 6. The predicted molar refractivity (Wildman–Crippen MR) is 174 cm³/mol. The number of benzene rings is 2. The zero-order valence-electron chi connectivity index (χ0n) is 25.2. The van der Waals surface area contributed by atoms with Crippen LogP contribution in [0.15, 0.2) is 67.5 Å². The van der Waals surface area contributed by atoms with Crippen LogP contribution in [0.25, 0.3) is 22.0 Å². The summed E-state index contributed by atoms with van der Waals surface area (Å²) in [5.41, 5.74) is 8.32. The standard InChI is InChI=1S/C34H38ClFN8/c1-21(36)18-42-15-10-25(11-16-42)24-6-8-26(9-7-24)27-17-29(35)28-19-44(41-31(28)22(27)2)33(23(3)40-34-37-12-13-38-34)32-30-5-4-14-43(30)20-39-32/h6-9,12-13,17,19-21,25,33H,3-5,10-11,14-16,18H2,1-2H3,(H2,37,38,40). The molecule has 2 N–H and O–H groups in total. The maximum atomic E-state index is 13.5. The van der Waals surface area contributed by atoms with Gasteiger partial charge in [-0.2, -0.15) is 5.10 Å². The summed E-state index contributed by atoms with van der Waals surface area (Å²) in [5, 5.41) is 10.0. The maximum Gasteiger partial charge on any atom is 0.204 e. The number of H-pyrrole nitrogens is 1. The molecule has 5 heterocycles. The molecule has 0 radical (unpaired) electrons. The van der Waals surface area contributed by atoms with E-state index in [1.807, 2.05) is 17.2 Å². The SMILES string of the molecule is C=C(Nc1ncc[nH]1)C(c1ncn2c1CCC2)n1cc2c(Cl)cc(-c3ccc(C4CCN(CC(C)F)CC4)cc3)c(C)c2n1. The van der Waals surface area contributed by atoms with Crippen LogP contribution in [0.3, 0.4) is 0 Å². The van der Waals surface area contributed by atoms with Gasteiger partial charge in [-0.3, -0.25) is 4.68 Å². The molecule has 0 saturated carbocycles. The Bertz CT molecular complexity index is 1780. The molecular formula is C34H38ClFN8. The lowest BCUT2D eigenvalue weighted by Crippen LogP contribution is -2.36. The molecule has 2 unspecified atom stereocenters. The normalized spacial score (nSPS) is 17.2. The Balaban J connectivity index is 1.19. The Hall–Kier alpha value is -3.95. The summed E-state index contributed by atoms with van der Waals surface area (Å²) < 4.78 is 17.6. The Morgan fingerprint density at radius 1 is 1.18 bits per heavy atom. The zero-order valence-corrected chi connectivity index (χ0v) is 26.0. The van der Waals surface area contributed by atoms with Crippen molar-refractivity contribution >= 4 is 28.5 Å². The van der Waals surface area contributed by atoms with Crippen molar-refractivity contribution in [2.45, 2.75) is 64.2 Å². The second-order valence-electron chi connectivity index (χ2n) is 12.2. The minimum Gasteiger partial charge on any atom is -0.334 e. The molecule has 3 aromatic heterocycles. The summed E-state index contributed by atoms with van der Waals surface area (Å²) in [6.07, 6.45) is 10.8. The molecule has 2 aliphatic heterocycles. The van der Waals surface area contributed by atoms with Crippen LogP contribution in [-0.2, 0) is 13.0 Å². The highest BCUT2D eigenvalue weighted by molar-refractivity contribution is 6.36. The summed E-state index contributed by atoms with van der Waals surface area (Å²) in [7, 11) is 0. The molecule has 0 amide bonds. The highest BCUT2D eigenvalue weighted by Crippen LogP contribution is 2.38. The van der Waals surface area contributed by atoms with E-state index in [4.69, 9.17) is 21.7 Å². The maximum absolute atomic E-state index is 13.5. The first-order chi connectivity index (χ1) is 21.4. The fourth-order valence-electron chi connectivity index (χ4n) is 6.99. The quantitative estimate of drug-likeness (QED) is 0.183. The molecule has 1 fully saturated rings. The van der Waals surface area contributed by atoms with Crippen molar-refractivity contribution in [3.8, 4) is 11.1 Å². The van der Waals surface area contributed by atoms with Crippen LogP contribution in [0.1, 0.15) is 60.7 Å². The van der Waals surface area contributed by atoms with Gasteiger partial charge in [0.1, 0.15) is 12.2 Å². The summed E-state index contributed by atoms with van der Waals surface area (Å²) in [6, 6.07) is 10.6. The molecule has 0 aliphatic carbocycles. The van der Waals surface area contributed by atoms with Crippen LogP contribution in [-0.4, -0.2) is 60.0 Å². The van der Waals surface area contributed by atoms with Crippen LogP contribution in [0.5, 0.6) is 0 Å². The van der Waals surface area contributed by atoms with Gasteiger partial charge in [-0.05, 0) is 86.9 Å². The van der Waals surface area contributed by atoms with E-state index in [1.54, 1.807) is 19.3 Å². The Kier molecular flexibility index (Phi) is 7.76. The number of nitrogens with zero attached hydrogens (tertiary/aromatic N) is 6. The van der Waals surface area contributed by atoms with Crippen molar-refractivity contribution in [3.05, 3.63) is 95.1 Å². The molecule has 228 valence electrons. The lowest BCUT2D eigenvalue weighted by molar-refractivity contribution is 0.165. The number of alkyl halides is 1. The van der Waals surface area contributed by atoms with Gasteiger partial charge in [0, 0.05) is 48.5 Å². The number of fused-ring (bicyclic) bond motifs is 2. The van der Waals surface area contributed by atoms with Gasteiger partial charge < -0.3 is 19.8 Å². The fraction of sp³-hybridized carbons (Fsp3) is 0.382. The third-order valence-corrected chi connectivity index (χ3v) is 9.54. The topological polar surface area (TPSA) is 79.6 Å².